The Morgan fingerprint density at radius 2 is 1.40 bits per heavy atom. The Balaban J connectivity index is 2.04. The van der Waals surface area contributed by atoms with Crippen LogP contribution in [0.1, 0.15) is 50.3 Å². The van der Waals surface area contributed by atoms with Crippen LogP contribution in [0.4, 0.5) is 5.69 Å². The highest BCUT2D eigenvalue weighted by Gasteiger charge is 2.34. The molecule has 3 aromatic rings. The van der Waals surface area contributed by atoms with Crippen molar-refractivity contribution in [2.75, 3.05) is 10.8 Å². The zero-order valence-corrected chi connectivity index (χ0v) is 25.3. The van der Waals surface area contributed by atoms with Crippen molar-refractivity contribution in [1.82, 2.24) is 10.2 Å². The van der Waals surface area contributed by atoms with Gasteiger partial charge >= 0.3 is 0 Å². The van der Waals surface area contributed by atoms with Gasteiger partial charge in [-0.05, 0) is 75.6 Å². The second-order valence-corrected chi connectivity index (χ2v) is 12.3. The number of hydrogen-bond acceptors (Lipinski definition) is 4. The third kappa shape index (κ3) is 7.86. The molecule has 0 bridgehead atoms. The van der Waals surface area contributed by atoms with Crippen LogP contribution in [0.3, 0.4) is 0 Å². The first-order chi connectivity index (χ1) is 19.0. The number of nitrogens with zero attached hydrogens (tertiary/aromatic N) is 2. The van der Waals surface area contributed by atoms with Gasteiger partial charge in [0.1, 0.15) is 12.6 Å². The SMILES string of the molecule is CC[C@H](C)NC(=O)[C@H](CC)N(Cc1ccc(C)cc1)C(=O)CN(c1ccc(C)cc1)S(=O)(=O)c1ccc(Cl)cc1. The zero-order chi connectivity index (χ0) is 29.4. The summed E-state index contributed by atoms with van der Waals surface area (Å²) in [5, 5.41) is 3.39. The first-order valence-electron chi connectivity index (χ1n) is 13.5. The number of rotatable bonds is 12. The molecule has 9 heteroatoms. The minimum absolute atomic E-state index is 0.0110. The van der Waals surface area contributed by atoms with Gasteiger partial charge in [-0.2, -0.15) is 0 Å². The normalized spacial score (nSPS) is 12.8. The van der Waals surface area contributed by atoms with Crippen LogP contribution >= 0.6 is 11.6 Å². The van der Waals surface area contributed by atoms with Crippen LogP contribution in [-0.2, 0) is 26.2 Å². The Bertz CT molecular complexity index is 1390. The molecule has 0 fully saturated rings. The van der Waals surface area contributed by atoms with Crippen LogP contribution in [-0.4, -0.2) is 43.8 Å². The predicted molar refractivity (Wildman–Crippen MR) is 161 cm³/mol. The largest absolute Gasteiger partial charge is 0.352 e. The van der Waals surface area contributed by atoms with Gasteiger partial charge in [-0.15, -0.1) is 0 Å². The van der Waals surface area contributed by atoms with Gasteiger partial charge in [-0.1, -0.05) is 73.0 Å². The van der Waals surface area contributed by atoms with Crippen LogP contribution in [0.5, 0.6) is 0 Å². The number of halogens is 1. The van der Waals surface area contributed by atoms with Gasteiger partial charge in [0, 0.05) is 17.6 Å². The fourth-order valence-corrected chi connectivity index (χ4v) is 5.76. The summed E-state index contributed by atoms with van der Waals surface area (Å²) in [5.74, 6) is -0.746. The Hall–Kier alpha value is -3.36. The van der Waals surface area contributed by atoms with Crippen LogP contribution in [0.25, 0.3) is 0 Å². The predicted octanol–water partition coefficient (Wildman–Crippen LogP) is 5.87. The summed E-state index contributed by atoms with van der Waals surface area (Å²) in [6.45, 7) is 9.29. The lowest BCUT2D eigenvalue weighted by Crippen LogP contribution is -2.53. The molecule has 0 aliphatic rings. The van der Waals surface area contributed by atoms with Crippen LogP contribution in [0.15, 0.2) is 77.7 Å². The molecule has 0 saturated heterocycles. The van der Waals surface area contributed by atoms with Crippen molar-refractivity contribution in [1.29, 1.82) is 0 Å². The summed E-state index contributed by atoms with van der Waals surface area (Å²) in [6.07, 6.45) is 1.11. The third-order valence-corrected chi connectivity index (χ3v) is 8.90. The number of aryl methyl sites for hydroxylation is 2. The topological polar surface area (TPSA) is 86.8 Å². The van der Waals surface area contributed by atoms with E-state index >= 15 is 0 Å². The smallest absolute Gasteiger partial charge is 0.264 e. The standard InChI is InChI=1S/C31H38ClN3O4S/c1-6-24(5)33-31(37)29(7-2)34(20-25-12-8-22(3)9-13-25)30(36)21-35(27-16-10-23(4)11-17-27)40(38,39)28-18-14-26(32)15-19-28/h8-19,24,29H,6-7,20-21H2,1-5H3,(H,33,37)/t24-,29-/m0/s1. The Morgan fingerprint density at radius 3 is 1.93 bits per heavy atom. The third-order valence-electron chi connectivity index (χ3n) is 6.86. The van der Waals surface area contributed by atoms with Crippen molar-refractivity contribution in [3.8, 4) is 0 Å². The van der Waals surface area contributed by atoms with Crippen molar-refractivity contribution < 1.29 is 18.0 Å². The average molecular weight is 584 g/mol. The highest BCUT2D eigenvalue weighted by atomic mass is 35.5. The maximum atomic E-state index is 14.1. The molecule has 214 valence electrons. The highest BCUT2D eigenvalue weighted by Crippen LogP contribution is 2.26. The summed E-state index contributed by atoms with van der Waals surface area (Å²) in [7, 11) is -4.14. The lowest BCUT2D eigenvalue weighted by atomic mass is 10.1. The van der Waals surface area contributed by atoms with Gasteiger partial charge < -0.3 is 10.2 Å². The number of carbonyl (C=O) groups excluding carboxylic acids is 2. The van der Waals surface area contributed by atoms with Gasteiger partial charge in [0.25, 0.3) is 10.0 Å². The summed E-state index contributed by atoms with van der Waals surface area (Å²) < 4.78 is 28.8. The molecule has 0 unspecified atom stereocenters. The van der Waals surface area contributed by atoms with Gasteiger partial charge in [0.2, 0.25) is 11.8 Å². The molecule has 2 amide bonds. The minimum atomic E-state index is -4.14. The van der Waals surface area contributed by atoms with E-state index in [1.165, 1.54) is 29.2 Å². The van der Waals surface area contributed by atoms with E-state index in [4.69, 9.17) is 11.6 Å². The van der Waals surface area contributed by atoms with Crippen LogP contribution < -0.4 is 9.62 Å². The second-order valence-electron chi connectivity index (χ2n) is 10.1. The fourth-order valence-electron chi connectivity index (χ4n) is 4.22. The fraction of sp³-hybridized carbons (Fsp3) is 0.355. The van der Waals surface area contributed by atoms with E-state index in [2.05, 4.69) is 5.32 Å². The first kappa shape index (κ1) is 31.2. The van der Waals surface area contributed by atoms with Gasteiger partial charge in [-0.3, -0.25) is 13.9 Å². The number of amides is 2. The summed E-state index contributed by atoms with van der Waals surface area (Å²) >= 11 is 6.01. The van der Waals surface area contributed by atoms with Crippen molar-refractivity contribution in [2.45, 2.75) is 71.0 Å². The zero-order valence-electron chi connectivity index (χ0n) is 23.7. The quantitative estimate of drug-likeness (QED) is 0.289. The highest BCUT2D eigenvalue weighted by molar-refractivity contribution is 7.92. The molecule has 0 radical (unpaired) electrons. The molecule has 3 aromatic carbocycles. The van der Waals surface area contributed by atoms with E-state index in [9.17, 15) is 18.0 Å². The molecule has 0 aliphatic carbocycles. The van der Waals surface area contributed by atoms with E-state index in [-0.39, 0.29) is 23.4 Å². The lowest BCUT2D eigenvalue weighted by Gasteiger charge is -2.33. The molecule has 2 atom stereocenters. The molecule has 0 aromatic heterocycles. The summed E-state index contributed by atoms with van der Waals surface area (Å²) in [6, 6.07) is 19.7. The Labute approximate surface area is 243 Å². The maximum absolute atomic E-state index is 14.1. The van der Waals surface area contributed by atoms with Crippen molar-refractivity contribution in [3.05, 3.63) is 94.5 Å². The number of sulfonamides is 1. The molecule has 0 aliphatic heterocycles. The second kappa shape index (κ2) is 13.8. The number of nitrogens with one attached hydrogen (secondary N) is 1. The van der Waals surface area contributed by atoms with Crippen LogP contribution in [0.2, 0.25) is 5.02 Å². The molecule has 3 rings (SSSR count). The summed E-state index contributed by atoms with van der Waals surface area (Å²) in [5.41, 5.74) is 3.22. The number of hydrogen-bond donors (Lipinski definition) is 1. The molecule has 0 saturated carbocycles. The van der Waals surface area contributed by atoms with E-state index in [1.807, 2.05) is 58.9 Å². The summed E-state index contributed by atoms with van der Waals surface area (Å²) in [4.78, 5) is 28.9. The van der Waals surface area contributed by atoms with Gasteiger partial charge in [-0.25, -0.2) is 8.42 Å². The maximum Gasteiger partial charge on any atom is 0.264 e. The lowest BCUT2D eigenvalue weighted by molar-refractivity contribution is -0.140. The van der Waals surface area contributed by atoms with E-state index in [0.717, 1.165) is 27.4 Å². The van der Waals surface area contributed by atoms with Crippen molar-refractivity contribution in [3.63, 3.8) is 0 Å². The number of benzene rings is 3. The minimum Gasteiger partial charge on any atom is -0.352 e. The van der Waals surface area contributed by atoms with Gasteiger partial charge in [0.15, 0.2) is 0 Å². The molecule has 1 N–H and O–H groups in total. The first-order valence-corrected chi connectivity index (χ1v) is 15.3. The van der Waals surface area contributed by atoms with E-state index in [1.54, 1.807) is 24.3 Å². The van der Waals surface area contributed by atoms with Crippen molar-refractivity contribution >= 4 is 39.1 Å². The molecule has 7 nitrogen and oxygen atoms in total. The molecule has 0 heterocycles. The number of carbonyl (C=O) groups is 2. The monoisotopic (exact) mass is 583 g/mol. The van der Waals surface area contributed by atoms with Gasteiger partial charge in [0.05, 0.1) is 10.6 Å². The molecular weight excluding hydrogens is 546 g/mol. The molecule has 40 heavy (non-hydrogen) atoms. The average Bonchev–Trinajstić information content (AvgIpc) is 2.93. The van der Waals surface area contributed by atoms with Crippen molar-refractivity contribution in [2.24, 2.45) is 0 Å². The molecular formula is C31H38ClN3O4S. The van der Waals surface area contributed by atoms with Crippen LogP contribution in [0, 0.1) is 13.8 Å². The van der Waals surface area contributed by atoms with E-state index in [0.29, 0.717) is 17.1 Å². The van der Waals surface area contributed by atoms with E-state index < -0.39 is 28.5 Å². The number of anilines is 1. The molecule has 0 spiro atoms. The Kier molecular flexibility index (Phi) is 10.8. The Morgan fingerprint density at radius 1 is 0.850 bits per heavy atom.